The van der Waals surface area contributed by atoms with E-state index in [0.717, 1.165) is 40.2 Å². The van der Waals surface area contributed by atoms with E-state index in [9.17, 15) is 14.4 Å². The van der Waals surface area contributed by atoms with Gasteiger partial charge < -0.3 is 5.32 Å². The summed E-state index contributed by atoms with van der Waals surface area (Å²) in [5.41, 5.74) is 1.57. The number of hydrogen-bond acceptors (Lipinski definition) is 4. The number of benzene rings is 1. The SMILES string of the molecule is CCc1ccc(C(=O)CN2C(=O)N[C@]3(CCCc4sccc43)C2=O)cc1. The lowest BCUT2D eigenvalue weighted by Crippen LogP contribution is -2.46. The Morgan fingerprint density at radius 3 is 2.73 bits per heavy atom. The highest BCUT2D eigenvalue weighted by molar-refractivity contribution is 7.10. The molecule has 0 unspecified atom stereocenters. The maximum Gasteiger partial charge on any atom is 0.325 e. The van der Waals surface area contributed by atoms with Crippen LogP contribution in [0, 0.1) is 0 Å². The smallest absolute Gasteiger partial charge is 0.319 e. The summed E-state index contributed by atoms with van der Waals surface area (Å²) in [6.07, 6.45) is 3.25. The third-order valence-electron chi connectivity index (χ3n) is 5.32. The molecule has 4 rings (SSSR count). The van der Waals surface area contributed by atoms with Gasteiger partial charge in [0.05, 0.1) is 6.54 Å². The molecule has 0 radical (unpaired) electrons. The van der Waals surface area contributed by atoms with Crippen molar-refractivity contribution in [3.63, 3.8) is 0 Å². The number of imide groups is 1. The molecule has 3 amide bonds. The summed E-state index contributed by atoms with van der Waals surface area (Å²) in [7, 11) is 0. The molecule has 1 aliphatic carbocycles. The molecule has 2 aliphatic rings. The van der Waals surface area contributed by atoms with Gasteiger partial charge >= 0.3 is 6.03 Å². The van der Waals surface area contributed by atoms with Crippen molar-refractivity contribution in [3.8, 4) is 0 Å². The van der Waals surface area contributed by atoms with Crippen molar-refractivity contribution in [1.82, 2.24) is 10.2 Å². The number of amides is 3. The normalized spacial score (nSPS) is 21.8. The van der Waals surface area contributed by atoms with Crippen LogP contribution in [-0.2, 0) is 23.2 Å². The van der Waals surface area contributed by atoms with Crippen molar-refractivity contribution < 1.29 is 14.4 Å². The highest BCUT2D eigenvalue weighted by Crippen LogP contribution is 2.42. The fraction of sp³-hybridized carbons (Fsp3) is 0.350. The third kappa shape index (κ3) is 2.56. The molecule has 1 atom stereocenters. The average molecular weight is 368 g/mol. The molecule has 1 aromatic heterocycles. The number of urea groups is 1. The largest absolute Gasteiger partial charge is 0.325 e. The van der Waals surface area contributed by atoms with Gasteiger partial charge in [-0.3, -0.25) is 14.5 Å². The van der Waals surface area contributed by atoms with E-state index in [4.69, 9.17) is 0 Å². The molecule has 6 heteroatoms. The third-order valence-corrected chi connectivity index (χ3v) is 6.30. The Hall–Kier alpha value is -2.47. The number of Topliss-reactive ketones (excluding diaryl/α,β-unsaturated/α-hetero) is 1. The van der Waals surface area contributed by atoms with Gasteiger partial charge in [-0.15, -0.1) is 11.3 Å². The lowest BCUT2D eigenvalue weighted by Gasteiger charge is -2.31. The molecule has 0 bridgehead atoms. The van der Waals surface area contributed by atoms with Crippen LogP contribution in [0.3, 0.4) is 0 Å². The zero-order valence-corrected chi connectivity index (χ0v) is 15.4. The van der Waals surface area contributed by atoms with Crippen molar-refractivity contribution in [3.05, 3.63) is 57.3 Å². The summed E-state index contributed by atoms with van der Waals surface area (Å²) in [4.78, 5) is 40.4. The number of nitrogens with zero attached hydrogens (tertiary/aromatic N) is 1. The van der Waals surface area contributed by atoms with Gasteiger partial charge in [0.25, 0.3) is 5.91 Å². The molecule has 1 fully saturated rings. The maximum absolute atomic E-state index is 13.1. The quantitative estimate of drug-likeness (QED) is 0.665. The molecule has 1 N–H and O–H groups in total. The summed E-state index contributed by atoms with van der Waals surface area (Å²) in [5, 5.41) is 4.84. The van der Waals surface area contributed by atoms with Crippen LogP contribution in [0.1, 0.15) is 46.1 Å². The van der Waals surface area contributed by atoms with Crippen LogP contribution >= 0.6 is 11.3 Å². The summed E-state index contributed by atoms with van der Waals surface area (Å²) < 4.78 is 0. The number of thiophene rings is 1. The summed E-state index contributed by atoms with van der Waals surface area (Å²) >= 11 is 1.62. The first kappa shape index (κ1) is 17.0. The first-order chi connectivity index (χ1) is 12.5. The van der Waals surface area contributed by atoms with E-state index >= 15 is 0 Å². The van der Waals surface area contributed by atoms with E-state index in [2.05, 4.69) is 5.32 Å². The highest BCUT2D eigenvalue weighted by Gasteiger charge is 2.54. The van der Waals surface area contributed by atoms with E-state index in [1.54, 1.807) is 23.5 Å². The molecule has 0 saturated carbocycles. The van der Waals surface area contributed by atoms with Crippen LogP contribution < -0.4 is 5.32 Å². The molecule has 5 nitrogen and oxygen atoms in total. The maximum atomic E-state index is 13.1. The Kier molecular flexibility index (Phi) is 4.15. The Balaban J connectivity index is 1.58. The predicted molar refractivity (Wildman–Crippen MR) is 99.3 cm³/mol. The van der Waals surface area contributed by atoms with Gasteiger partial charge in [0.15, 0.2) is 5.78 Å². The van der Waals surface area contributed by atoms with Gasteiger partial charge in [-0.1, -0.05) is 31.2 Å². The predicted octanol–water partition coefficient (Wildman–Crippen LogP) is 3.28. The highest BCUT2D eigenvalue weighted by atomic mass is 32.1. The Bertz CT molecular complexity index is 887. The van der Waals surface area contributed by atoms with Gasteiger partial charge in [-0.2, -0.15) is 0 Å². The fourth-order valence-electron chi connectivity index (χ4n) is 3.85. The van der Waals surface area contributed by atoms with Gasteiger partial charge in [-0.25, -0.2) is 4.79 Å². The number of carbonyl (C=O) groups excluding carboxylic acids is 3. The van der Waals surface area contributed by atoms with E-state index in [1.807, 2.05) is 30.5 Å². The van der Waals surface area contributed by atoms with E-state index in [0.29, 0.717) is 12.0 Å². The van der Waals surface area contributed by atoms with Crippen molar-refractivity contribution in [2.75, 3.05) is 6.54 Å². The molecular weight excluding hydrogens is 348 g/mol. The summed E-state index contributed by atoms with van der Waals surface area (Å²) in [6.45, 7) is 1.82. The zero-order valence-electron chi connectivity index (χ0n) is 14.6. The number of nitrogens with one attached hydrogen (secondary N) is 1. The molecule has 134 valence electrons. The van der Waals surface area contributed by atoms with Crippen LogP contribution in [0.15, 0.2) is 35.7 Å². The van der Waals surface area contributed by atoms with E-state index in [-0.39, 0.29) is 18.2 Å². The Labute approximate surface area is 156 Å². The zero-order chi connectivity index (χ0) is 18.3. The summed E-state index contributed by atoms with van der Waals surface area (Å²) in [5.74, 6) is -0.532. The van der Waals surface area contributed by atoms with Gasteiger partial charge in [0.1, 0.15) is 5.54 Å². The number of hydrogen-bond donors (Lipinski definition) is 1. The number of rotatable bonds is 4. The Morgan fingerprint density at radius 2 is 2.00 bits per heavy atom. The van der Waals surface area contributed by atoms with Crippen LogP contribution in [0.4, 0.5) is 4.79 Å². The van der Waals surface area contributed by atoms with E-state index < -0.39 is 11.6 Å². The first-order valence-electron chi connectivity index (χ1n) is 8.88. The minimum absolute atomic E-state index is 0.225. The molecule has 1 aliphatic heterocycles. The number of ketones is 1. The van der Waals surface area contributed by atoms with Gasteiger partial charge in [-0.05, 0) is 42.7 Å². The van der Waals surface area contributed by atoms with Crippen LogP contribution in [-0.4, -0.2) is 29.2 Å². The molecule has 2 aromatic rings. The number of carbonyl (C=O) groups is 3. The minimum atomic E-state index is -0.989. The molecule has 2 heterocycles. The Morgan fingerprint density at radius 1 is 1.23 bits per heavy atom. The van der Waals surface area contributed by atoms with Crippen LogP contribution in [0.5, 0.6) is 0 Å². The van der Waals surface area contributed by atoms with Crippen molar-refractivity contribution >= 4 is 29.1 Å². The monoisotopic (exact) mass is 368 g/mol. The average Bonchev–Trinajstić information content (AvgIpc) is 3.22. The second kappa shape index (κ2) is 6.36. The molecule has 1 aromatic carbocycles. The molecule has 1 spiro atoms. The topological polar surface area (TPSA) is 66.5 Å². The lowest BCUT2D eigenvalue weighted by atomic mass is 9.80. The standard InChI is InChI=1S/C20H20N2O3S/c1-2-13-5-7-14(8-6-13)16(23)12-22-18(24)20(21-19(22)25)10-3-4-17-15(20)9-11-26-17/h5-9,11H,2-4,10,12H2,1H3,(H,21,25)/t20-/m0/s1. The number of aryl methyl sites for hydroxylation is 2. The van der Waals surface area contributed by atoms with Crippen molar-refractivity contribution in [2.45, 2.75) is 38.1 Å². The van der Waals surface area contributed by atoms with Crippen LogP contribution in [0.2, 0.25) is 0 Å². The summed E-state index contributed by atoms with van der Waals surface area (Å²) in [6, 6.07) is 8.76. The second-order valence-electron chi connectivity index (χ2n) is 6.81. The van der Waals surface area contributed by atoms with Crippen molar-refractivity contribution in [2.24, 2.45) is 0 Å². The first-order valence-corrected chi connectivity index (χ1v) is 9.76. The fourth-order valence-corrected chi connectivity index (χ4v) is 4.85. The molecular formula is C20H20N2O3S. The lowest BCUT2D eigenvalue weighted by molar-refractivity contribution is -0.131. The second-order valence-corrected chi connectivity index (χ2v) is 7.81. The van der Waals surface area contributed by atoms with E-state index in [1.165, 1.54) is 0 Å². The molecule has 26 heavy (non-hydrogen) atoms. The van der Waals surface area contributed by atoms with Crippen LogP contribution in [0.25, 0.3) is 0 Å². The van der Waals surface area contributed by atoms with Gasteiger partial charge in [0.2, 0.25) is 0 Å². The number of fused-ring (bicyclic) bond motifs is 2. The minimum Gasteiger partial charge on any atom is -0.319 e. The molecule has 1 saturated heterocycles. The van der Waals surface area contributed by atoms with Gasteiger partial charge in [0, 0.05) is 16.0 Å². The van der Waals surface area contributed by atoms with Crippen molar-refractivity contribution in [1.29, 1.82) is 0 Å².